The van der Waals surface area contributed by atoms with Gasteiger partial charge in [-0.1, -0.05) is 0 Å². The molecule has 1 unspecified atom stereocenters. The van der Waals surface area contributed by atoms with Crippen LogP contribution in [0, 0.1) is 0 Å². The van der Waals surface area contributed by atoms with E-state index >= 15 is 0 Å². The van der Waals surface area contributed by atoms with Crippen LogP contribution in [0.2, 0.25) is 0 Å². The van der Waals surface area contributed by atoms with Crippen molar-refractivity contribution in [2.75, 3.05) is 26.1 Å². The summed E-state index contributed by atoms with van der Waals surface area (Å²) in [5.41, 5.74) is 0.0924. The maximum atomic E-state index is 12.6. The number of carbonyl (C=O) groups excluding carboxylic acids is 4. The minimum absolute atomic E-state index is 0.00496. The van der Waals surface area contributed by atoms with Crippen LogP contribution in [-0.4, -0.2) is 61.5 Å². The average molecular weight is 428 g/mol. The lowest BCUT2D eigenvalue weighted by Gasteiger charge is -2.22. The van der Waals surface area contributed by atoms with Crippen molar-refractivity contribution >= 4 is 29.3 Å². The molecule has 162 valence electrons. The maximum Gasteiger partial charge on any atom is 0.454 e. The lowest BCUT2D eigenvalue weighted by atomic mass is 10.1. The van der Waals surface area contributed by atoms with Crippen LogP contribution in [0.3, 0.4) is 0 Å². The Bertz CT molecular complexity index is 847. The van der Waals surface area contributed by atoms with Gasteiger partial charge in [-0.3, -0.25) is 9.59 Å². The van der Waals surface area contributed by atoms with E-state index in [9.17, 15) is 32.3 Å². The molecule has 1 aliphatic rings. The molecule has 8 nitrogen and oxygen atoms in total. The van der Waals surface area contributed by atoms with Crippen LogP contribution in [0.1, 0.15) is 33.6 Å². The molecule has 1 aliphatic heterocycles. The van der Waals surface area contributed by atoms with Gasteiger partial charge in [-0.15, -0.1) is 0 Å². The summed E-state index contributed by atoms with van der Waals surface area (Å²) in [7, 11) is 2.30. The molecule has 0 aromatic heterocycles. The number of nitrogens with one attached hydrogen (secondary N) is 1. The Balaban J connectivity index is 2.21. The van der Waals surface area contributed by atoms with Crippen molar-refractivity contribution in [1.82, 2.24) is 4.90 Å². The van der Waals surface area contributed by atoms with Crippen LogP contribution in [0.15, 0.2) is 30.5 Å². The molecule has 1 aromatic rings. The first kappa shape index (κ1) is 22.9. The van der Waals surface area contributed by atoms with Gasteiger partial charge < -0.3 is 19.7 Å². The number of benzene rings is 1. The molecule has 0 radical (unpaired) electrons. The Hall–Kier alpha value is -3.37. The third-order valence-electron chi connectivity index (χ3n) is 4.34. The number of methoxy groups -OCH3 is 2. The van der Waals surface area contributed by atoms with Crippen molar-refractivity contribution in [2.24, 2.45) is 0 Å². The van der Waals surface area contributed by atoms with Crippen molar-refractivity contribution < 1.29 is 41.8 Å². The number of alkyl halides is 3. The van der Waals surface area contributed by atoms with Gasteiger partial charge in [-0.2, -0.15) is 13.2 Å². The number of nitrogens with zero attached hydrogens (tertiary/aromatic N) is 1. The van der Waals surface area contributed by atoms with Gasteiger partial charge in [0.05, 0.1) is 25.3 Å². The van der Waals surface area contributed by atoms with E-state index in [0.29, 0.717) is 18.9 Å². The Kier molecular flexibility index (Phi) is 7.19. The zero-order chi connectivity index (χ0) is 22.5. The Morgan fingerprint density at radius 3 is 2.13 bits per heavy atom. The first-order valence-corrected chi connectivity index (χ1v) is 8.74. The summed E-state index contributed by atoms with van der Waals surface area (Å²) in [4.78, 5) is 48.6. The molecule has 1 saturated heterocycles. The standard InChI is InChI=1S/C19H19F3N2O6/c1-29-17(27)11-8-12(18(28)30-2)10-13(9-11)23-16(26)14-4-3-6-24(14)7-5-15(25)19(20,21)22/h5,7-10,14H,3-4,6H2,1-2H3,(H,23,26). The first-order valence-electron chi connectivity index (χ1n) is 8.74. The van der Waals surface area contributed by atoms with Crippen LogP contribution < -0.4 is 5.32 Å². The molecule has 0 saturated carbocycles. The number of halogens is 3. The molecule has 0 spiro atoms. The summed E-state index contributed by atoms with van der Waals surface area (Å²) < 4.78 is 46.3. The molecule has 1 fully saturated rings. The number of likely N-dealkylation sites (tertiary alicyclic amines) is 1. The van der Waals surface area contributed by atoms with E-state index in [2.05, 4.69) is 14.8 Å². The van der Waals surface area contributed by atoms with E-state index < -0.39 is 35.8 Å². The smallest absolute Gasteiger partial charge is 0.454 e. The number of carbonyl (C=O) groups is 4. The van der Waals surface area contributed by atoms with Gasteiger partial charge in [0.2, 0.25) is 5.91 Å². The first-order chi connectivity index (χ1) is 14.1. The molecule has 1 amide bonds. The lowest BCUT2D eigenvalue weighted by Crippen LogP contribution is -2.37. The molecular weight excluding hydrogens is 409 g/mol. The minimum atomic E-state index is -4.99. The van der Waals surface area contributed by atoms with Gasteiger partial charge in [0.1, 0.15) is 6.04 Å². The van der Waals surface area contributed by atoms with E-state index in [-0.39, 0.29) is 23.4 Å². The van der Waals surface area contributed by atoms with E-state index in [1.165, 1.54) is 23.1 Å². The predicted molar refractivity (Wildman–Crippen MR) is 97.7 cm³/mol. The second-order valence-corrected chi connectivity index (χ2v) is 6.35. The lowest BCUT2D eigenvalue weighted by molar-refractivity contribution is -0.165. The van der Waals surface area contributed by atoms with Gasteiger partial charge in [-0.25, -0.2) is 9.59 Å². The van der Waals surface area contributed by atoms with Gasteiger partial charge >= 0.3 is 18.1 Å². The van der Waals surface area contributed by atoms with Crippen molar-refractivity contribution in [1.29, 1.82) is 0 Å². The molecule has 1 heterocycles. The quantitative estimate of drug-likeness (QED) is 0.548. The monoisotopic (exact) mass is 428 g/mol. The Morgan fingerprint density at radius 1 is 1.07 bits per heavy atom. The second-order valence-electron chi connectivity index (χ2n) is 6.35. The predicted octanol–water partition coefficient (Wildman–Crippen LogP) is 2.31. The molecule has 1 atom stereocenters. The van der Waals surface area contributed by atoms with Crippen LogP contribution in [-0.2, 0) is 19.1 Å². The summed E-state index contributed by atoms with van der Waals surface area (Å²) in [6.07, 6.45) is -2.81. The third-order valence-corrected chi connectivity index (χ3v) is 4.34. The van der Waals surface area contributed by atoms with Gasteiger partial charge in [-0.05, 0) is 31.0 Å². The fourth-order valence-electron chi connectivity index (χ4n) is 2.90. The number of amides is 1. The highest BCUT2D eigenvalue weighted by molar-refractivity contribution is 6.01. The number of hydrogen-bond acceptors (Lipinski definition) is 7. The van der Waals surface area contributed by atoms with Gasteiger partial charge in [0, 0.05) is 24.5 Å². The zero-order valence-corrected chi connectivity index (χ0v) is 16.1. The second kappa shape index (κ2) is 9.42. The van der Waals surface area contributed by atoms with Crippen LogP contribution >= 0.6 is 0 Å². The normalized spacial score (nSPS) is 16.4. The fraction of sp³-hybridized carbons (Fsp3) is 0.368. The van der Waals surface area contributed by atoms with Gasteiger partial charge in [0.25, 0.3) is 5.78 Å². The molecule has 2 rings (SSSR count). The molecule has 0 bridgehead atoms. The number of rotatable bonds is 6. The number of hydrogen-bond donors (Lipinski definition) is 1. The number of allylic oxidation sites excluding steroid dienone is 1. The summed E-state index contributed by atoms with van der Waals surface area (Å²) in [6.45, 7) is 0.287. The number of anilines is 1. The summed E-state index contributed by atoms with van der Waals surface area (Å²) in [6, 6.07) is 2.99. The molecule has 0 aliphatic carbocycles. The Morgan fingerprint density at radius 2 is 1.63 bits per heavy atom. The average Bonchev–Trinajstić information content (AvgIpc) is 3.18. The summed E-state index contributed by atoms with van der Waals surface area (Å²) in [5.74, 6) is -4.09. The van der Waals surface area contributed by atoms with Gasteiger partial charge in [0.15, 0.2) is 0 Å². The number of ketones is 1. The van der Waals surface area contributed by atoms with E-state index in [0.717, 1.165) is 20.4 Å². The maximum absolute atomic E-state index is 12.6. The highest BCUT2D eigenvalue weighted by atomic mass is 19.4. The highest BCUT2D eigenvalue weighted by Crippen LogP contribution is 2.23. The zero-order valence-electron chi connectivity index (χ0n) is 16.1. The van der Waals surface area contributed by atoms with E-state index in [4.69, 9.17) is 0 Å². The van der Waals surface area contributed by atoms with E-state index in [1.54, 1.807) is 0 Å². The van der Waals surface area contributed by atoms with Crippen LogP contribution in [0.25, 0.3) is 0 Å². The number of ether oxygens (including phenoxy) is 2. The Labute approximate surface area is 169 Å². The fourth-order valence-corrected chi connectivity index (χ4v) is 2.90. The molecular formula is C19H19F3N2O6. The largest absolute Gasteiger partial charge is 0.465 e. The topological polar surface area (TPSA) is 102 Å². The van der Waals surface area contributed by atoms with Crippen molar-refractivity contribution in [3.63, 3.8) is 0 Å². The summed E-state index contributed by atoms with van der Waals surface area (Å²) in [5, 5.41) is 2.53. The summed E-state index contributed by atoms with van der Waals surface area (Å²) >= 11 is 0. The van der Waals surface area contributed by atoms with E-state index in [1.807, 2.05) is 0 Å². The van der Waals surface area contributed by atoms with Crippen molar-refractivity contribution in [3.8, 4) is 0 Å². The minimum Gasteiger partial charge on any atom is -0.465 e. The van der Waals surface area contributed by atoms with Crippen LogP contribution in [0.4, 0.5) is 18.9 Å². The molecule has 30 heavy (non-hydrogen) atoms. The van der Waals surface area contributed by atoms with Crippen LogP contribution in [0.5, 0.6) is 0 Å². The number of esters is 2. The molecule has 1 aromatic carbocycles. The SMILES string of the molecule is COC(=O)c1cc(NC(=O)C2CCCN2C=CC(=O)C(F)(F)F)cc(C(=O)OC)c1. The molecule has 11 heteroatoms. The van der Waals surface area contributed by atoms with Crippen molar-refractivity contribution in [3.05, 3.63) is 41.6 Å². The highest BCUT2D eigenvalue weighted by Gasteiger charge is 2.37. The van der Waals surface area contributed by atoms with Crippen molar-refractivity contribution in [2.45, 2.75) is 25.1 Å². The third kappa shape index (κ3) is 5.58. The molecule has 1 N–H and O–H groups in total.